The molecule has 0 amide bonds. The van der Waals surface area contributed by atoms with E-state index < -0.39 is 10.0 Å². The van der Waals surface area contributed by atoms with Crippen molar-refractivity contribution >= 4 is 10.0 Å². The molecular weight excluding hydrogens is 228 g/mol. The Morgan fingerprint density at radius 3 is 2.69 bits per heavy atom. The zero-order valence-electron chi connectivity index (χ0n) is 9.93. The van der Waals surface area contributed by atoms with Gasteiger partial charge < -0.3 is 4.52 Å². The summed E-state index contributed by atoms with van der Waals surface area (Å²) in [6.45, 7) is 4.02. The van der Waals surface area contributed by atoms with E-state index in [1.54, 1.807) is 20.0 Å². The summed E-state index contributed by atoms with van der Waals surface area (Å²) in [7, 11) is -1.60. The molecule has 1 rings (SSSR count). The van der Waals surface area contributed by atoms with Crippen molar-refractivity contribution in [2.24, 2.45) is 0 Å². The first-order chi connectivity index (χ1) is 7.45. The van der Waals surface area contributed by atoms with Crippen LogP contribution in [0.3, 0.4) is 0 Å². The topological polar surface area (TPSA) is 63.4 Å². The van der Waals surface area contributed by atoms with Crippen LogP contribution in [0.4, 0.5) is 0 Å². The van der Waals surface area contributed by atoms with Gasteiger partial charge in [0.2, 0.25) is 10.0 Å². The number of hydrogen-bond donors (Lipinski definition) is 0. The summed E-state index contributed by atoms with van der Waals surface area (Å²) < 4.78 is 29.7. The molecular formula is C10H18N2O3S. The van der Waals surface area contributed by atoms with E-state index in [1.807, 2.05) is 6.92 Å². The highest BCUT2D eigenvalue weighted by atomic mass is 32.2. The zero-order chi connectivity index (χ0) is 12.2. The summed E-state index contributed by atoms with van der Waals surface area (Å²) in [5.74, 6) is 0.881. The van der Waals surface area contributed by atoms with Gasteiger partial charge in [-0.05, 0) is 13.3 Å². The summed E-state index contributed by atoms with van der Waals surface area (Å²) >= 11 is 0. The number of nitrogens with zero attached hydrogens (tertiary/aromatic N) is 2. The predicted octanol–water partition coefficient (Wildman–Crippen LogP) is 1.54. The molecule has 0 atom stereocenters. The largest absolute Gasteiger partial charge is 0.361 e. The fourth-order valence-electron chi connectivity index (χ4n) is 1.30. The molecule has 0 saturated carbocycles. The van der Waals surface area contributed by atoms with Crippen LogP contribution in [0.15, 0.2) is 10.6 Å². The third-order valence-corrected chi connectivity index (χ3v) is 4.18. The minimum Gasteiger partial charge on any atom is -0.361 e. The molecule has 0 spiro atoms. The molecule has 0 aromatic carbocycles. The van der Waals surface area contributed by atoms with E-state index in [0.29, 0.717) is 17.9 Å². The quantitative estimate of drug-likeness (QED) is 0.764. The van der Waals surface area contributed by atoms with Gasteiger partial charge in [-0.25, -0.2) is 8.42 Å². The Labute approximate surface area is 96.5 Å². The van der Waals surface area contributed by atoms with Crippen LogP contribution >= 0.6 is 0 Å². The summed E-state index contributed by atoms with van der Waals surface area (Å²) in [5.41, 5.74) is 0.639. The van der Waals surface area contributed by atoms with Crippen molar-refractivity contribution < 1.29 is 12.9 Å². The molecule has 1 aromatic rings. The van der Waals surface area contributed by atoms with Crippen molar-refractivity contribution in [2.45, 2.75) is 33.2 Å². The molecule has 0 fully saturated rings. The van der Waals surface area contributed by atoms with Crippen molar-refractivity contribution in [2.75, 3.05) is 12.8 Å². The highest BCUT2D eigenvalue weighted by Crippen LogP contribution is 2.09. The number of unbranched alkanes of at least 4 members (excludes halogenated alkanes) is 1. The van der Waals surface area contributed by atoms with E-state index in [0.717, 1.165) is 6.42 Å². The molecule has 1 aromatic heterocycles. The van der Waals surface area contributed by atoms with Gasteiger partial charge in [-0.1, -0.05) is 18.5 Å². The average Bonchev–Trinajstić information content (AvgIpc) is 2.61. The third kappa shape index (κ3) is 3.61. The number of aryl methyl sites for hydroxylation is 1. The lowest BCUT2D eigenvalue weighted by atomic mass is 10.4. The number of rotatable bonds is 6. The van der Waals surface area contributed by atoms with Gasteiger partial charge in [0, 0.05) is 13.1 Å². The molecule has 0 unspecified atom stereocenters. The molecule has 0 saturated heterocycles. The molecule has 0 aliphatic carbocycles. The first-order valence-electron chi connectivity index (χ1n) is 5.32. The Kier molecular flexibility index (Phi) is 4.49. The Morgan fingerprint density at radius 1 is 1.50 bits per heavy atom. The maximum absolute atomic E-state index is 11.8. The van der Waals surface area contributed by atoms with Crippen LogP contribution in [-0.2, 0) is 16.6 Å². The third-order valence-electron chi connectivity index (χ3n) is 2.29. The minimum atomic E-state index is -3.16. The summed E-state index contributed by atoms with van der Waals surface area (Å²) in [6, 6.07) is 1.74. The maximum atomic E-state index is 11.8. The van der Waals surface area contributed by atoms with Crippen LogP contribution in [-0.4, -0.2) is 30.7 Å². The van der Waals surface area contributed by atoms with E-state index in [4.69, 9.17) is 4.52 Å². The fourth-order valence-corrected chi connectivity index (χ4v) is 2.60. The van der Waals surface area contributed by atoms with Crippen molar-refractivity contribution in [3.05, 3.63) is 17.5 Å². The van der Waals surface area contributed by atoms with Crippen LogP contribution < -0.4 is 0 Å². The lowest BCUT2D eigenvalue weighted by molar-refractivity contribution is 0.378. The molecule has 0 aliphatic rings. The van der Waals surface area contributed by atoms with Gasteiger partial charge in [0.25, 0.3) is 0 Å². The average molecular weight is 246 g/mol. The first-order valence-corrected chi connectivity index (χ1v) is 6.93. The van der Waals surface area contributed by atoms with E-state index in [-0.39, 0.29) is 12.3 Å². The second-order valence-corrected chi connectivity index (χ2v) is 6.05. The number of sulfonamides is 1. The second kappa shape index (κ2) is 5.45. The molecule has 5 nitrogen and oxygen atoms in total. The van der Waals surface area contributed by atoms with Gasteiger partial charge in [0.15, 0.2) is 0 Å². The van der Waals surface area contributed by atoms with Crippen molar-refractivity contribution in [1.82, 2.24) is 9.46 Å². The lowest BCUT2D eigenvalue weighted by Gasteiger charge is -2.15. The molecule has 6 heteroatoms. The highest BCUT2D eigenvalue weighted by Gasteiger charge is 2.18. The van der Waals surface area contributed by atoms with Gasteiger partial charge in [-0.15, -0.1) is 0 Å². The normalized spacial score (nSPS) is 12.2. The summed E-state index contributed by atoms with van der Waals surface area (Å²) in [5, 5.41) is 3.77. The molecule has 0 radical (unpaired) electrons. The first kappa shape index (κ1) is 13.2. The standard InChI is InChI=1S/C10H18N2O3S/c1-4-5-6-16(13,14)12(3)8-10-7-9(2)15-11-10/h7H,4-6,8H2,1-3H3. The monoisotopic (exact) mass is 246 g/mol. The number of hydrogen-bond acceptors (Lipinski definition) is 4. The fraction of sp³-hybridized carbons (Fsp3) is 0.700. The molecule has 92 valence electrons. The van der Waals surface area contributed by atoms with E-state index in [2.05, 4.69) is 5.16 Å². The van der Waals surface area contributed by atoms with E-state index >= 15 is 0 Å². The van der Waals surface area contributed by atoms with Crippen LogP contribution in [0.1, 0.15) is 31.2 Å². The van der Waals surface area contributed by atoms with Crippen molar-refractivity contribution in [3.8, 4) is 0 Å². The summed E-state index contributed by atoms with van der Waals surface area (Å²) in [4.78, 5) is 0. The smallest absolute Gasteiger partial charge is 0.214 e. The van der Waals surface area contributed by atoms with Crippen molar-refractivity contribution in [1.29, 1.82) is 0 Å². The Balaban J connectivity index is 2.61. The van der Waals surface area contributed by atoms with Gasteiger partial charge >= 0.3 is 0 Å². The molecule has 0 bridgehead atoms. The van der Waals surface area contributed by atoms with Gasteiger partial charge in [0.1, 0.15) is 5.76 Å². The van der Waals surface area contributed by atoms with Gasteiger partial charge in [0.05, 0.1) is 18.0 Å². The van der Waals surface area contributed by atoms with Gasteiger partial charge in [-0.2, -0.15) is 4.31 Å². The van der Waals surface area contributed by atoms with Crippen LogP contribution in [0.5, 0.6) is 0 Å². The molecule has 0 aliphatic heterocycles. The predicted molar refractivity (Wildman–Crippen MR) is 61.4 cm³/mol. The second-order valence-electron chi connectivity index (χ2n) is 3.85. The van der Waals surface area contributed by atoms with Crippen LogP contribution in [0.25, 0.3) is 0 Å². The molecule has 0 N–H and O–H groups in total. The SMILES string of the molecule is CCCCS(=O)(=O)N(C)Cc1cc(C)on1. The minimum absolute atomic E-state index is 0.191. The van der Waals surface area contributed by atoms with E-state index in [9.17, 15) is 8.42 Å². The van der Waals surface area contributed by atoms with Crippen LogP contribution in [0.2, 0.25) is 0 Å². The van der Waals surface area contributed by atoms with Crippen molar-refractivity contribution in [3.63, 3.8) is 0 Å². The molecule has 16 heavy (non-hydrogen) atoms. The Hall–Kier alpha value is -0.880. The number of aromatic nitrogens is 1. The van der Waals surface area contributed by atoms with E-state index in [1.165, 1.54) is 4.31 Å². The highest BCUT2D eigenvalue weighted by molar-refractivity contribution is 7.89. The summed E-state index contributed by atoms with van der Waals surface area (Å²) in [6.07, 6.45) is 1.56. The van der Waals surface area contributed by atoms with Crippen LogP contribution in [0, 0.1) is 6.92 Å². The Bertz CT molecular complexity index is 425. The van der Waals surface area contributed by atoms with Gasteiger partial charge in [-0.3, -0.25) is 0 Å². The zero-order valence-corrected chi connectivity index (χ0v) is 10.7. The lowest BCUT2D eigenvalue weighted by Crippen LogP contribution is -2.28. The molecule has 1 heterocycles. The Morgan fingerprint density at radius 2 is 2.19 bits per heavy atom. The maximum Gasteiger partial charge on any atom is 0.214 e.